The summed E-state index contributed by atoms with van der Waals surface area (Å²) in [5.74, 6) is 0.732. The maximum absolute atomic E-state index is 5.55. The molecule has 0 bridgehead atoms. The molecular weight excluding hydrogens is 152 g/mol. The maximum atomic E-state index is 5.55. The summed E-state index contributed by atoms with van der Waals surface area (Å²) in [6, 6.07) is 2.19. The number of hydrogen-bond acceptors (Lipinski definition) is 1. The largest absolute Gasteiger partial charge is 0.149 e. The van der Waals surface area contributed by atoms with Crippen LogP contribution in [-0.4, -0.2) is 5.88 Å². The summed E-state index contributed by atoms with van der Waals surface area (Å²) in [5, 5.41) is 2.16. The van der Waals surface area contributed by atoms with Crippen molar-refractivity contribution in [1.29, 1.82) is 0 Å². The molecule has 0 nitrogen and oxygen atoms in total. The third-order valence-electron chi connectivity index (χ3n) is 1.17. The van der Waals surface area contributed by atoms with Crippen molar-refractivity contribution in [1.82, 2.24) is 0 Å². The van der Waals surface area contributed by atoms with Crippen LogP contribution in [0.3, 0.4) is 0 Å². The second-order valence-corrected chi connectivity index (χ2v) is 3.50. The van der Waals surface area contributed by atoms with Gasteiger partial charge in [0.05, 0.1) is 0 Å². The Morgan fingerprint density at radius 3 is 2.89 bits per heavy atom. The number of rotatable bonds is 2. The van der Waals surface area contributed by atoms with E-state index >= 15 is 0 Å². The van der Waals surface area contributed by atoms with Crippen molar-refractivity contribution in [3.63, 3.8) is 0 Å². The van der Waals surface area contributed by atoms with E-state index in [9.17, 15) is 0 Å². The first-order chi connectivity index (χ1) is 4.33. The minimum Gasteiger partial charge on any atom is -0.149 e. The Hall–Kier alpha value is -0.0100. The number of thiophene rings is 1. The number of alkyl halides is 1. The minimum atomic E-state index is 0.732. The third kappa shape index (κ3) is 1.99. The van der Waals surface area contributed by atoms with Crippen LogP contribution in [-0.2, 0) is 6.42 Å². The minimum absolute atomic E-state index is 0.732. The van der Waals surface area contributed by atoms with Crippen molar-refractivity contribution in [3.05, 3.63) is 21.9 Å². The summed E-state index contributed by atoms with van der Waals surface area (Å²) >= 11 is 7.34. The second-order valence-electron chi connectivity index (χ2n) is 2.00. The Morgan fingerprint density at radius 2 is 2.44 bits per heavy atom. The first-order valence-electron chi connectivity index (χ1n) is 2.93. The van der Waals surface area contributed by atoms with Gasteiger partial charge in [-0.1, -0.05) is 0 Å². The number of halogens is 1. The first kappa shape index (κ1) is 7.10. The molecule has 1 heterocycles. The van der Waals surface area contributed by atoms with Crippen LogP contribution in [0.4, 0.5) is 0 Å². The van der Waals surface area contributed by atoms with Crippen molar-refractivity contribution in [2.75, 3.05) is 5.88 Å². The average molecular weight is 161 g/mol. The Bertz CT molecular complexity index is 181. The molecule has 0 spiro atoms. The number of hydrogen-bond donors (Lipinski definition) is 0. The van der Waals surface area contributed by atoms with Crippen LogP contribution >= 0.6 is 22.9 Å². The second kappa shape index (κ2) is 3.23. The van der Waals surface area contributed by atoms with Crippen LogP contribution in [0.2, 0.25) is 0 Å². The van der Waals surface area contributed by atoms with Gasteiger partial charge in [-0.25, -0.2) is 0 Å². The molecule has 0 aliphatic rings. The molecule has 0 amide bonds. The predicted octanol–water partition coefficient (Wildman–Crippen LogP) is 2.84. The van der Waals surface area contributed by atoms with Gasteiger partial charge < -0.3 is 0 Å². The van der Waals surface area contributed by atoms with Gasteiger partial charge in [0.1, 0.15) is 0 Å². The van der Waals surface area contributed by atoms with Crippen molar-refractivity contribution < 1.29 is 0 Å². The molecular formula is C7H9ClS. The Morgan fingerprint density at radius 1 is 1.67 bits per heavy atom. The van der Waals surface area contributed by atoms with Crippen LogP contribution in [0.5, 0.6) is 0 Å². The van der Waals surface area contributed by atoms with Crippen LogP contribution < -0.4 is 0 Å². The monoisotopic (exact) mass is 160 g/mol. The molecule has 1 aromatic rings. The zero-order valence-electron chi connectivity index (χ0n) is 5.36. The lowest BCUT2D eigenvalue weighted by Gasteiger charge is -1.85. The van der Waals surface area contributed by atoms with Gasteiger partial charge in [-0.2, -0.15) is 0 Å². The van der Waals surface area contributed by atoms with E-state index in [2.05, 4.69) is 18.4 Å². The van der Waals surface area contributed by atoms with Crippen molar-refractivity contribution >= 4 is 22.9 Å². The van der Waals surface area contributed by atoms with Crippen molar-refractivity contribution in [2.24, 2.45) is 0 Å². The van der Waals surface area contributed by atoms with Gasteiger partial charge in [-0.15, -0.1) is 22.9 Å². The van der Waals surface area contributed by atoms with Crippen LogP contribution in [0, 0.1) is 6.92 Å². The summed E-state index contributed by atoms with van der Waals surface area (Å²) in [5.41, 5.74) is 1.37. The predicted molar refractivity (Wildman–Crippen MR) is 43.5 cm³/mol. The molecule has 9 heavy (non-hydrogen) atoms. The van der Waals surface area contributed by atoms with Gasteiger partial charge in [0, 0.05) is 10.8 Å². The molecule has 1 aromatic heterocycles. The molecule has 0 aromatic carbocycles. The summed E-state index contributed by atoms with van der Waals surface area (Å²) < 4.78 is 0. The summed E-state index contributed by atoms with van der Waals surface area (Å²) in [4.78, 5) is 1.37. The SMILES string of the molecule is Cc1cc(CCCl)cs1. The summed E-state index contributed by atoms with van der Waals surface area (Å²) in [6.07, 6.45) is 1.01. The lowest BCUT2D eigenvalue weighted by atomic mass is 10.2. The third-order valence-corrected chi connectivity index (χ3v) is 2.27. The van der Waals surface area contributed by atoms with Gasteiger partial charge in [0.2, 0.25) is 0 Å². The normalized spacial score (nSPS) is 10.0. The highest BCUT2D eigenvalue weighted by molar-refractivity contribution is 7.10. The fraction of sp³-hybridized carbons (Fsp3) is 0.429. The molecule has 0 aliphatic heterocycles. The fourth-order valence-corrected chi connectivity index (χ4v) is 1.70. The fourth-order valence-electron chi connectivity index (χ4n) is 0.738. The Kier molecular flexibility index (Phi) is 2.55. The number of aryl methyl sites for hydroxylation is 2. The van der Waals surface area contributed by atoms with Gasteiger partial charge in [0.15, 0.2) is 0 Å². The molecule has 0 fully saturated rings. The molecule has 0 N–H and O–H groups in total. The first-order valence-corrected chi connectivity index (χ1v) is 4.34. The molecule has 0 saturated heterocycles. The zero-order chi connectivity index (χ0) is 6.69. The Balaban J connectivity index is 2.61. The zero-order valence-corrected chi connectivity index (χ0v) is 6.93. The Labute approximate surface area is 64.5 Å². The molecule has 0 unspecified atom stereocenters. The van der Waals surface area contributed by atoms with E-state index < -0.39 is 0 Å². The molecule has 2 heteroatoms. The van der Waals surface area contributed by atoms with Crippen LogP contribution in [0.15, 0.2) is 11.4 Å². The van der Waals surface area contributed by atoms with E-state index in [-0.39, 0.29) is 0 Å². The highest BCUT2D eigenvalue weighted by Crippen LogP contribution is 2.13. The highest BCUT2D eigenvalue weighted by Gasteiger charge is 1.92. The highest BCUT2D eigenvalue weighted by atomic mass is 35.5. The maximum Gasteiger partial charge on any atom is 0.0264 e. The smallest absolute Gasteiger partial charge is 0.0264 e. The van der Waals surface area contributed by atoms with Gasteiger partial charge in [-0.3, -0.25) is 0 Å². The van der Waals surface area contributed by atoms with E-state index in [0.717, 1.165) is 12.3 Å². The molecule has 1 rings (SSSR count). The molecule has 0 radical (unpaired) electrons. The van der Waals surface area contributed by atoms with E-state index in [0.29, 0.717) is 0 Å². The quantitative estimate of drug-likeness (QED) is 0.584. The molecule has 0 saturated carbocycles. The molecule has 0 atom stereocenters. The topological polar surface area (TPSA) is 0 Å². The van der Waals surface area contributed by atoms with Gasteiger partial charge in [0.25, 0.3) is 0 Å². The van der Waals surface area contributed by atoms with E-state index in [4.69, 9.17) is 11.6 Å². The van der Waals surface area contributed by atoms with Crippen molar-refractivity contribution in [3.8, 4) is 0 Å². The lowest BCUT2D eigenvalue weighted by Crippen LogP contribution is -1.79. The molecule has 50 valence electrons. The van der Waals surface area contributed by atoms with E-state index in [1.54, 1.807) is 11.3 Å². The summed E-state index contributed by atoms with van der Waals surface area (Å²) in [7, 11) is 0. The van der Waals surface area contributed by atoms with Crippen molar-refractivity contribution in [2.45, 2.75) is 13.3 Å². The standard InChI is InChI=1S/C7H9ClS/c1-6-4-7(2-3-8)5-9-6/h4-5H,2-3H2,1H3. The lowest BCUT2D eigenvalue weighted by molar-refractivity contribution is 1.16. The summed E-state index contributed by atoms with van der Waals surface area (Å²) in [6.45, 7) is 2.11. The van der Waals surface area contributed by atoms with Gasteiger partial charge >= 0.3 is 0 Å². The van der Waals surface area contributed by atoms with Crippen LogP contribution in [0.1, 0.15) is 10.4 Å². The van der Waals surface area contributed by atoms with Gasteiger partial charge in [-0.05, 0) is 30.4 Å². The molecule has 0 aliphatic carbocycles. The van der Waals surface area contributed by atoms with Crippen LogP contribution in [0.25, 0.3) is 0 Å². The average Bonchev–Trinajstić information content (AvgIpc) is 2.17. The van der Waals surface area contributed by atoms with E-state index in [1.807, 2.05) is 0 Å². The van der Waals surface area contributed by atoms with E-state index in [1.165, 1.54) is 10.4 Å².